The molecular formula is C14H16ClN3OS. The molecule has 3 rings (SSSR count). The molecule has 1 amide bonds. The minimum Gasteiger partial charge on any atom is -0.330 e. The summed E-state index contributed by atoms with van der Waals surface area (Å²) in [5, 5.41) is 5.06. The Labute approximate surface area is 127 Å². The molecule has 0 fully saturated rings. The third kappa shape index (κ3) is 2.64. The van der Waals surface area contributed by atoms with Crippen molar-refractivity contribution in [1.29, 1.82) is 0 Å². The molecule has 0 bridgehead atoms. The third-order valence-electron chi connectivity index (χ3n) is 3.41. The smallest absolute Gasteiger partial charge is 0.227 e. The van der Waals surface area contributed by atoms with Crippen molar-refractivity contribution in [2.45, 2.75) is 20.3 Å². The number of amides is 1. The van der Waals surface area contributed by atoms with Crippen molar-refractivity contribution in [1.82, 2.24) is 14.9 Å². The molecule has 0 saturated heterocycles. The molecule has 20 heavy (non-hydrogen) atoms. The van der Waals surface area contributed by atoms with Crippen LogP contribution in [0.3, 0.4) is 0 Å². The fourth-order valence-electron chi connectivity index (χ4n) is 2.25. The molecule has 2 aromatic heterocycles. The van der Waals surface area contributed by atoms with Crippen LogP contribution in [-0.4, -0.2) is 15.5 Å². The Bertz CT molecular complexity index is 645. The highest BCUT2D eigenvalue weighted by Gasteiger charge is 2.24. The Kier molecular flexibility index (Phi) is 4.30. The van der Waals surface area contributed by atoms with E-state index in [2.05, 4.69) is 21.7 Å². The lowest BCUT2D eigenvalue weighted by molar-refractivity contribution is -0.123. The molecule has 1 aliphatic heterocycles. The average molecular weight is 310 g/mol. The van der Waals surface area contributed by atoms with Crippen molar-refractivity contribution in [3.05, 3.63) is 40.7 Å². The topological polar surface area (TPSA) is 46.9 Å². The molecule has 4 nitrogen and oxygen atoms in total. The predicted molar refractivity (Wildman–Crippen MR) is 83.2 cm³/mol. The van der Waals surface area contributed by atoms with Gasteiger partial charge >= 0.3 is 0 Å². The van der Waals surface area contributed by atoms with Gasteiger partial charge in [0.1, 0.15) is 0 Å². The normalized spacial score (nSPS) is 18.7. The van der Waals surface area contributed by atoms with E-state index in [4.69, 9.17) is 0 Å². The van der Waals surface area contributed by atoms with Crippen LogP contribution in [0.1, 0.15) is 25.1 Å². The monoisotopic (exact) mass is 309 g/mol. The van der Waals surface area contributed by atoms with Crippen LogP contribution in [0.25, 0.3) is 11.3 Å². The molecule has 106 valence electrons. The highest BCUT2D eigenvalue weighted by molar-refractivity contribution is 7.11. The predicted octanol–water partition coefficient (Wildman–Crippen LogP) is 3.24. The van der Waals surface area contributed by atoms with Gasteiger partial charge in [0, 0.05) is 34.3 Å². The number of carbonyl (C=O) groups is 1. The zero-order chi connectivity index (χ0) is 13.4. The van der Waals surface area contributed by atoms with Crippen molar-refractivity contribution in [2.75, 3.05) is 0 Å². The molecule has 1 atom stereocenters. The van der Waals surface area contributed by atoms with Gasteiger partial charge in [-0.05, 0) is 25.0 Å². The first kappa shape index (κ1) is 14.8. The van der Waals surface area contributed by atoms with Crippen LogP contribution in [0.5, 0.6) is 0 Å². The second-order valence-corrected chi connectivity index (χ2v) is 5.75. The number of imidazole rings is 1. The highest BCUT2D eigenvalue weighted by atomic mass is 35.5. The van der Waals surface area contributed by atoms with Crippen LogP contribution in [0.4, 0.5) is 0 Å². The molecule has 0 spiro atoms. The molecule has 1 N–H and O–H groups in total. The second-order valence-electron chi connectivity index (χ2n) is 4.84. The van der Waals surface area contributed by atoms with Gasteiger partial charge in [0.25, 0.3) is 0 Å². The molecule has 2 aromatic rings. The first-order valence-electron chi connectivity index (χ1n) is 6.23. The van der Waals surface area contributed by atoms with E-state index in [1.54, 1.807) is 23.9 Å². The lowest BCUT2D eigenvalue weighted by atomic mass is 9.94. The molecule has 0 saturated carbocycles. The summed E-state index contributed by atoms with van der Waals surface area (Å²) in [5.41, 5.74) is 3.33. The largest absolute Gasteiger partial charge is 0.330 e. The first-order valence-corrected chi connectivity index (χ1v) is 7.11. The Balaban J connectivity index is 0.00000147. The minimum atomic E-state index is 0. The van der Waals surface area contributed by atoms with Gasteiger partial charge in [0.15, 0.2) is 0 Å². The summed E-state index contributed by atoms with van der Waals surface area (Å²) in [6.07, 6.45) is 6.29. The number of carbonyl (C=O) groups excluding carboxylic acids is 1. The number of hydrogen-bond acceptors (Lipinski definition) is 3. The Morgan fingerprint density at radius 2 is 2.30 bits per heavy atom. The summed E-state index contributed by atoms with van der Waals surface area (Å²) in [7, 11) is 0. The Hall–Kier alpha value is -1.59. The lowest BCUT2D eigenvalue weighted by Crippen LogP contribution is -2.32. The number of aromatic nitrogens is 2. The van der Waals surface area contributed by atoms with Crippen LogP contribution < -0.4 is 5.32 Å². The Morgan fingerprint density at radius 1 is 1.50 bits per heavy atom. The summed E-state index contributed by atoms with van der Waals surface area (Å²) in [5.74, 6) is 0.158. The van der Waals surface area contributed by atoms with Crippen LogP contribution in [0.15, 0.2) is 35.9 Å². The van der Waals surface area contributed by atoms with E-state index in [1.807, 2.05) is 24.6 Å². The number of allylic oxidation sites excluding steroid dienone is 2. The van der Waals surface area contributed by atoms with Crippen LogP contribution >= 0.6 is 23.7 Å². The summed E-state index contributed by atoms with van der Waals surface area (Å²) in [6, 6.07) is 2.15. The highest BCUT2D eigenvalue weighted by Crippen LogP contribution is 2.33. The van der Waals surface area contributed by atoms with E-state index in [0.29, 0.717) is 0 Å². The van der Waals surface area contributed by atoms with E-state index >= 15 is 0 Å². The van der Waals surface area contributed by atoms with Gasteiger partial charge in [-0.1, -0.05) is 6.92 Å². The number of nitrogens with zero attached hydrogens (tertiary/aromatic N) is 2. The van der Waals surface area contributed by atoms with Crippen molar-refractivity contribution in [2.24, 2.45) is 5.92 Å². The van der Waals surface area contributed by atoms with Gasteiger partial charge in [-0.25, -0.2) is 4.98 Å². The van der Waals surface area contributed by atoms with Gasteiger partial charge in [-0.2, -0.15) is 0 Å². The van der Waals surface area contributed by atoms with E-state index in [1.165, 1.54) is 10.5 Å². The number of rotatable bonds is 2. The van der Waals surface area contributed by atoms with Crippen LogP contribution in [0, 0.1) is 5.92 Å². The summed E-state index contributed by atoms with van der Waals surface area (Å²) in [6.45, 7) is 3.93. The zero-order valence-electron chi connectivity index (χ0n) is 11.3. The Morgan fingerprint density at radius 3 is 3.00 bits per heavy atom. The maximum absolute atomic E-state index is 11.6. The lowest BCUT2D eigenvalue weighted by Gasteiger charge is -2.22. The maximum atomic E-state index is 11.6. The summed E-state index contributed by atoms with van der Waals surface area (Å²) < 4.78 is 1.99. The summed E-state index contributed by atoms with van der Waals surface area (Å²) in [4.78, 5) is 16.9. The fraction of sp³-hybridized carbons (Fsp3) is 0.286. The third-order valence-corrected chi connectivity index (χ3v) is 4.38. The van der Waals surface area contributed by atoms with E-state index in [9.17, 15) is 4.79 Å². The fourth-order valence-corrected chi connectivity index (χ4v) is 3.26. The molecule has 6 heteroatoms. The van der Waals surface area contributed by atoms with Gasteiger partial charge < -0.3 is 9.88 Å². The average Bonchev–Trinajstić information content (AvgIpc) is 3.03. The number of halogens is 1. The quantitative estimate of drug-likeness (QED) is 0.925. The number of nitrogens with one attached hydrogen (secondary N) is 1. The van der Waals surface area contributed by atoms with Crippen molar-refractivity contribution >= 4 is 35.2 Å². The van der Waals surface area contributed by atoms with Gasteiger partial charge in [-0.3, -0.25) is 4.79 Å². The van der Waals surface area contributed by atoms with Crippen molar-refractivity contribution in [3.8, 4) is 5.69 Å². The van der Waals surface area contributed by atoms with Gasteiger partial charge in [0.2, 0.25) is 5.91 Å². The van der Waals surface area contributed by atoms with Gasteiger partial charge in [0.05, 0.1) is 12.0 Å². The number of hydrogen-bond donors (Lipinski definition) is 1. The molecule has 1 aliphatic rings. The zero-order valence-corrected chi connectivity index (χ0v) is 12.9. The number of thiophene rings is 1. The molecule has 0 radical (unpaired) electrons. The molecule has 0 aromatic carbocycles. The maximum Gasteiger partial charge on any atom is 0.227 e. The van der Waals surface area contributed by atoms with Crippen molar-refractivity contribution in [3.63, 3.8) is 0 Å². The van der Waals surface area contributed by atoms with Crippen LogP contribution in [-0.2, 0) is 4.79 Å². The molecule has 1 unspecified atom stereocenters. The molecule has 3 heterocycles. The SMILES string of the molecule is CC1=C(c2cc(-n3ccnc3)cs2)CC(C)C(=O)N1.Cl. The summed E-state index contributed by atoms with van der Waals surface area (Å²) >= 11 is 1.70. The second kappa shape index (κ2) is 5.81. The standard InChI is InChI=1S/C14H15N3OS.ClH/c1-9-5-12(10(2)16-14(9)18)13-6-11(7-19-13)17-4-3-15-8-17;/h3-4,6-9H,5H2,1-2H3,(H,16,18);1H. The van der Waals surface area contributed by atoms with E-state index < -0.39 is 0 Å². The van der Waals surface area contributed by atoms with Crippen LogP contribution in [0.2, 0.25) is 0 Å². The molecular weight excluding hydrogens is 294 g/mol. The molecule has 0 aliphatic carbocycles. The first-order chi connectivity index (χ1) is 9.15. The van der Waals surface area contributed by atoms with Gasteiger partial charge in [-0.15, -0.1) is 23.7 Å². The minimum absolute atomic E-state index is 0. The van der Waals surface area contributed by atoms with Crippen molar-refractivity contribution < 1.29 is 4.79 Å². The van der Waals surface area contributed by atoms with E-state index in [0.717, 1.165) is 17.8 Å². The van der Waals surface area contributed by atoms with E-state index in [-0.39, 0.29) is 24.2 Å².